The zero-order valence-corrected chi connectivity index (χ0v) is 23.9. The molecule has 1 N–H and O–H groups in total. The number of carbonyl (C=O) groups is 2. The van der Waals surface area contributed by atoms with Gasteiger partial charge in [-0.1, -0.05) is 32.0 Å². The summed E-state index contributed by atoms with van der Waals surface area (Å²) in [5.41, 5.74) is 4.05. The van der Waals surface area contributed by atoms with Crippen LogP contribution in [0.4, 0.5) is 5.00 Å². The smallest absolute Gasteiger partial charge is 0.341 e. The Balaban J connectivity index is 1.52. The molecule has 36 heavy (non-hydrogen) atoms. The summed E-state index contributed by atoms with van der Waals surface area (Å²) in [5.74, 6) is 0.559. The molecule has 0 aliphatic heterocycles. The number of thioether (sulfide) groups is 1. The number of esters is 1. The molecule has 0 unspecified atom stereocenters. The van der Waals surface area contributed by atoms with Crippen LogP contribution in [0.25, 0.3) is 11.4 Å². The molecule has 3 heterocycles. The van der Waals surface area contributed by atoms with Gasteiger partial charge in [0.2, 0.25) is 5.91 Å². The number of nitrogens with one attached hydrogen (secondary N) is 1. The van der Waals surface area contributed by atoms with Gasteiger partial charge in [-0.15, -0.1) is 32.9 Å². The summed E-state index contributed by atoms with van der Waals surface area (Å²) in [4.78, 5) is 28.3. The average Bonchev–Trinajstić information content (AvgIpc) is 3.47. The normalized spacial score (nSPS) is 13.3. The van der Waals surface area contributed by atoms with E-state index in [0.29, 0.717) is 17.2 Å². The minimum absolute atomic E-state index is 0.157. The van der Waals surface area contributed by atoms with Gasteiger partial charge in [0.15, 0.2) is 11.0 Å². The van der Waals surface area contributed by atoms with E-state index in [4.69, 9.17) is 4.74 Å². The molecule has 0 fully saturated rings. The summed E-state index contributed by atoms with van der Waals surface area (Å²) in [6.07, 6.45) is 7.02. The first-order valence-corrected chi connectivity index (χ1v) is 15.4. The number of amides is 1. The molecule has 0 saturated heterocycles. The molecule has 0 spiro atoms. The lowest BCUT2D eigenvalue weighted by molar-refractivity contribution is -0.113. The van der Waals surface area contributed by atoms with Gasteiger partial charge >= 0.3 is 5.97 Å². The fourth-order valence-electron chi connectivity index (χ4n) is 4.67. The Morgan fingerprint density at radius 3 is 2.72 bits per heavy atom. The number of aryl methyl sites for hydroxylation is 2. The zero-order valence-electron chi connectivity index (χ0n) is 21.4. The number of rotatable bonds is 10. The Bertz CT molecular complexity index is 1230. The van der Waals surface area contributed by atoms with Crippen LogP contribution in [0.1, 0.15) is 77.7 Å². The second kappa shape index (κ2) is 12.4. The first-order chi connectivity index (χ1) is 17.5. The maximum absolute atomic E-state index is 13.0. The third-order valence-corrected chi connectivity index (χ3v) is 9.48. The number of ether oxygens (including phenoxy) is 1. The molecule has 3 aromatic rings. The predicted octanol–water partition coefficient (Wildman–Crippen LogP) is 6.53. The van der Waals surface area contributed by atoms with Crippen LogP contribution in [0.15, 0.2) is 10.5 Å². The first kappa shape index (κ1) is 26.9. The molecule has 10 heteroatoms. The molecular weight excluding hydrogens is 513 g/mol. The second-order valence-electron chi connectivity index (χ2n) is 8.82. The molecule has 0 saturated carbocycles. The van der Waals surface area contributed by atoms with Crippen molar-refractivity contribution >= 4 is 51.3 Å². The number of hydrogen-bond donors (Lipinski definition) is 1. The van der Waals surface area contributed by atoms with E-state index in [0.717, 1.165) is 73.6 Å². The first-order valence-electron chi connectivity index (χ1n) is 12.7. The molecule has 1 aliphatic rings. The minimum atomic E-state index is -0.343. The second-order valence-corrected chi connectivity index (χ2v) is 12.0. The van der Waals surface area contributed by atoms with Gasteiger partial charge in [-0.3, -0.25) is 4.79 Å². The Hall–Kier alpha value is -2.17. The highest BCUT2D eigenvalue weighted by Gasteiger charge is 2.27. The molecule has 1 aliphatic carbocycles. The van der Waals surface area contributed by atoms with Gasteiger partial charge in [0.1, 0.15) is 5.00 Å². The van der Waals surface area contributed by atoms with Crippen LogP contribution in [0.3, 0.4) is 0 Å². The van der Waals surface area contributed by atoms with Gasteiger partial charge in [-0.2, -0.15) is 0 Å². The van der Waals surface area contributed by atoms with Crippen LogP contribution in [0.2, 0.25) is 0 Å². The number of thiophene rings is 2. The Morgan fingerprint density at radius 1 is 1.17 bits per heavy atom. The van der Waals surface area contributed by atoms with E-state index in [2.05, 4.69) is 46.2 Å². The monoisotopic (exact) mass is 546 g/mol. The summed E-state index contributed by atoms with van der Waals surface area (Å²) in [6, 6.07) is 0. The van der Waals surface area contributed by atoms with Crippen molar-refractivity contribution in [2.45, 2.75) is 84.3 Å². The lowest BCUT2D eigenvalue weighted by atomic mass is 10.1. The zero-order chi connectivity index (χ0) is 25.7. The minimum Gasteiger partial charge on any atom is -0.462 e. The fraction of sp³-hybridized carbons (Fsp3) is 0.538. The highest BCUT2D eigenvalue weighted by molar-refractivity contribution is 7.99. The van der Waals surface area contributed by atoms with Gasteiger partial charge in [-0.05, 0) is 63.5 Å². The third kappa shape index (κ3) is 5.70. The number of aromatic nitrogens is 3. The molecule has 7 nitrogen and oxygen atoms in total. The standard InChI is InChI=1S/C26H34N4O3S3/c1-5-13-30-23(19-14-34-16(4)17(19)6-2)28-29-26(30)35-15-21(31)27-24-22(25(32)33-7-3)18-11-9-8-10-12-20(18)36-24/h14H,5-13,15H2,1-4H3,(H,27,31). The van der Waals surface area contributed by atoms with E-state index in [-0.39, 0.29) is 17.6 Å². The van der Waals surface area contributed by atoms with E-state index in [9.17, 15) is 9.59 Å². The van der Waals surface area contributed by atoms with E-state index in [1.165, 1.54) is 38.4 Å². The Labute approximate surface area is 225 Å². The molecule has 0 atom stereocenters. The van der Waals surface area contributed by atoms with Crippen molar-refractivity contribution in [3.8, 4) is 11.4 Å². The molecular formula is C26H34N4O3S3. The lowest BCUT2D eigenvalue weighted by Gasteiger charge is -2.10. The van der Waals surface area contributed by atoms with Gasteiger partial charge in [0, 0.05) is 27.2 Å². The van der Waals surface area contributed by atoms with Crippen molar-refractivity contribution in [1.29, 1.82) is 0 Å². The largest absolute Gasteiger partial charge is 0.462 e. The average molecular weight is 547 g/mol. The molecule has 194 valence electrons. The van der Waals surface area contributed by atoms with Crippen molar-refractivity contribution in [3.05, 3.63) is 31.8 Å². The molecule has 1 amide bonds. The predicted molar refractivity (Wildman–Crippen MR) is 149 cm³/mol. The van der Waals surface area contributed by atoms with Crippen LogP contribution >= 0.6 is 34.4 Å². The quantitative estimate of drug-likeness (QED) is 0.177. The summed E-state index contributed by atoms with van der Waals surface area (Å²) < 4.78 is 7.46. The van der Waals surface area contributed by atoms with E-state index in [1.54, 1.807) is 18.3 Å². The Morgan fingerprint density at radius 2 is 1.97 bits per heavy atom. The van der Waals surface area contributed by atoms with E-state index in [1.807, 2.05) is 0 Å². The van der Waals surface area contributed by atoms with Gasteiger partial charge in [0.25, 0.3) is 0 Å². The maximum atomic E-state index is 13.0. The highest BCUT2D eigenvalue weighted by atomic mass is 32.2. The van der Waals surface area contributed by atoms with Crippen molar-refractivity contribution < 1.29 is 14.3 Å². The fourth-order valence-corrected chi connectivity index (χ4v) is 7.67. The van der Waals surface area contributed by atoms with Crippen LogP contribution in [-0.4, -0.2) is 39.0 Å². The van der Waals surface area contributed by atoms with Crippen molar-refractivity contribution in [2.24, 2.45) is 0 Å². The van der Waals surface area contributed by atoms with Crippen LogP contribution in [0, 0.1) is 6.92 Å². The lowest BCUT2D eigenvalue weighted by Crippen LogP contribution is -2.17. The number of fused-ring (bicyclic) bond motifs is 1. The Kier molecular flexibility index (Phi) is 9.25. The summed E-state index contributed by atoms with van der Waals surface area (Å²) >= 11 is 4.64. The van der Waals surface area contributed by atoms with Crippen molar-refractivity contribution in [2.75, 3.05) is 17.7 Å². The number of nitrogens with zero attached hydrogens (tertiary/aromatic N) is 3. The van der Waals surface area contributed by atoms with Crippen LogP contribution in [-0.2, 0) is 35.3 Å². The maximum Gasteiger partial charge on any atom is 0.341 e. The molecule has 3 aromatic heterocycles. The van der Waals surface area contributed by atoms with Gasteiger partial charge in [0.05, 0.1) is 17.9 Å². The molecule has 0 radical (unpaired) electrons. The third-order valence-electron chi connectivity index (χ3n) is 6.35. The molecule has 0 aromatic carbocycles. The molecule has 0 bridgehead atoms. The SMILES string of the molecule is CCCn1c(SCC(=O)Nc2sc3c(c2C(=O)OCC)CCCCC3)nnc1-c1csc(C)c1CC. The number of carbonyl (C=O) groups excluding carboxylic acids is 2. The van der Waals surface area contributed by atoms with Crippen LogP contribution < -0.4 is 5.32 Å². The van der Waals surface area contributed by atoms with E-state index >= 15 is 0 Å². The van der Waals surface area contributed by atoms with Gasteiger partial charge in [-0.25, -0.2) is 4.79 Å². The summed E-state index contributed by atoms with van der Waals surface area (Å²) in [5, 5.41) is 15.5. The van der Waals surface area contributed by atoms with E-state index < -0.39 is 0 Å². The number of hydrogen-bond acceptors (Lipinski definition) is 8. The topological polar surface area (TPSA) is 86.1 Å². The van der Waals surface area contributed by atoms with Gasteiger partial charge < -0.3 is 14.6 Å². The number of anilines is 1. The highest BCUT2D eigenvalue weighted by Crippen LogP contribution is 2.38. The summed E-state index contributed by atoms with van der Waals surface area (Å²) in [7, 11) is 0. The van der Waals surface area contributed by atoms with Crippen molar-refractivity contribution in [1.82, 2.24) is 14.8 Å². The summed E-state index contributed by atoms with van der Waals surface area (Å²) in [6.45, 7) is 9.33. The van der Waals surface area contributed by atoms with Crippen molar-refractivity contribution in [3.63, 3.8) is 0 Å². The molecule has 4 rings (SSSR count). The van der Waals surface area contributed by atoms with Crippen LogP contribution in [0.5, 0.6) is 0 Å².